The van der Waals surface area contributed by atoms with Gasteiger partial charge in [0.2, 0.25) is 0 Å². The molecule has 1 saturated carbocycles. The van der Waals surface area contributed by atoms with Crippen LogP contribution in [0.5, 0.6) is 5.75 Å². The van der Waals surface area contributed by atoms with E-state index in [2.05, 4.69) is 12.1 Å². The molecule has 0 aliphatic heterocycles. The molecule has 1 aliphatic carbocycles. The van der Waals surface area contributed by atoms with Crippen LogP contribution in [0.15, 0.2) is 54.6 Å². The molecule has 0 amide bonds. The van der Waals surface area contributed by atoms with E-state index in [4.69, 9.17) is 14.6 Å². The van der Waals surface area contributed by atoms with Crippen LogP contribution in [0.4, 0.5) is 0 Å². The summed E-state index contributed by atoms with van der Waals surface area (Å²) in [5.74, 6) is 0.812. The molecule has 3 rings (SSSR count). The standard InChI is InChI=1S/C25H32O4/c26-18-6-1-2-7-19-28-23-14-10-20(11-15-23)21-12-16-24(17-13-21)29-25(27)22-8-4-3-5-9-22/h3-5,8-9,12-13,16-17,20,23,26H,1-2,6-7,10-11,14-15,18-19H2. The van der Waals surface area contributed by atoms with Gasteiger partial charge in [-0.3, -0.25) is 0 Å². The average Bonchev–Trinajstić information content (AvgIpc) is 2.78. The fourth-order valence-corrected chi connectivity index (χ4v) is 3.93. The number of carbonyl (C=O) groups is 1. The zero-order chi connectivity index (χ0) is 20.3. The van der Waals surface area contributed by atoms with E-state index in [9.17, 15) is 4.79 Å². The van der Waals surface area contributed by atoms with E-state index in [1.807, 2.05) is 30.3 Å². The SMILES string of the molecule is O=C(Oc1ccc(C2CCC(OCCCCCCO)CC2)cc1)c1ccccc1. The van der Waals surface area contributed by atoms with Gasteiger partial charge < -0.3 is 14.6 Å². The van der Waals surface area contributed by atoms with E-state index in [0.717, 1.165) is 58.0 Å². The van der Waals surface area contributed by atoms with E-state index in [1.165, 1.54) is 5.56 Å². The van der Waals surface area contributed by atoms with Crippen molar-refractivity contribution in [3.63, 3.8) is 0 Å². The normalized spacial score (nSPS) is 19.1. The average molecular weight is 397 g/mol. The lowest BCUT2D eigenvalue weighted by atomic mass is 9.83. The van der Waals surface area contributed by atoms with Gasteiger partial charge in [-0.15, -0.1) is 0 Å². The van der Waals surface area contributed by atoms with E-state index in [-0.39, 0.29) is 5.97 Å². The second-order valence-corrected chi connectivity index (χ2v) is 7.81. The zero-order valence-corrected chi connectivity index (χ0v) is 17.1. The molecule has 0 unspecified atom stereocenters. The Hall–Kier alpha value is -2.17. The zero-order valence-electron chi connectivity index (χ0n) is 17.1. The molecule has 29 heavy (non-hydrogen) atoms. The Balaban J connectivity index is 1.39. The van der Waals surface area contributed by atoms with Gasteiger partial charge in [-0.05, 0) is 74.3 Å². The molecule has 0 saturated heterocycles. The van der Waals surface area contributed by atoms with Crippen molar-refractivity contribution in [2.45, 2.75) is 63.4 Å². The monoisotopic (exact) mass is 396 g/mol. The Kier molecular flexibility index (Phi) is 8.72. The summed E-state index contributed by atoms with van der Waals surface area (Å²) >= 11 is 0. The first-order chi connectivity index (χ1) is 14.3. The third-order valence-electron chi connectivity index (χ3n) is 5.65. The van der Waals surface area contributed by atoms with E-state index in [1.54, 1.807) is 12.1 Å². The van der Waals surface area contributed by atoms with Gasteiger partial charge in [0.05, 0.1) is 11.7 Å². The molecule has 4 nitrogen and oxygen atoms in total. The second-order valence-electron chi connectivity index (χ2n) is 7.81. The number of hydrogen-bond donors (Lipinski definition) is 1. The minimum Gasteiger partial charge on any atom is -0.423 e. The molecule has 4 heteroatoms. The van der Waals surface area contributed by atoms with Crippen LogP contribution in [0, 0.1) is 0 Å². The molecule has 0 atom stereocenters. The highest BCUT2D eigenvalue weighted by Gasteiger charge is 2.22. The van der Waals surface area contributed by atoms with Crippen molar-refractivity contribution >= 4 is 5.97 Å². The van der Waals surface area contributed by atoms with Gasteiger partial charge in [0.15, 0.2) is 0 Å². The molecule has 1 fully saturated rings. The molecule has 1 N–H and O–H groups in total. The number of rotatable bonds is 10. The summed E-state index contributed by atoms with van der Waals surface area (Å²) < 4.78 is 11.5. The summed E-state index contributed by atoms with van der Waals surface area (Å²) in [4.78, 5) is 12.1. The predicted octanol–water partition coefficient (Wildman–Crippen LogP) is 5.50. The summed E-state index contributed by atoms with van der Waals surface area (Å²) in [6.45, 7) is 1.13. The lowest BCUT2D eigenvalue weighted by molar-refractivity contribution is 0.0225. The van der Waals surface area contributed by atoms with Gasteiger partial charge in [0.1, 0.15) is 5.75 Å². The number of aliphatic hydroxyl groups excluding tert-OH is 1. The molecule has 0 aromatic heterocycles. The van der Waals surface area contributed by atoms with Crippen molar-refractivity contribution in [1.82, 2.24) is 0 Å². The Bertz CT molecular complexity index is 718. The van der Waals surface area contributed by atoms with Gasteiger partial charge in [-0.1, -0.05) is 43.2 Å². The van der Waals surface area contributed by atoms with Crippen LogP contribution < -0.4 is 4.74 Å². The van der Waals surface area contributed by atoms with Crippen molar-refractivity contribution in [1.29, 1.82) is 0 Å². The summed E-state index contributed by atoms with van der Waals surface area (Å²) in [5, 5.41) is 8.79. The maximum atomic E-state index is 12.1. The summed E-state index contributed by atoms with van der Waals surface area (Å²) in [6, 6.07) is 17.0. The molecule has 2 aromatic rings. The first-order valence-corrected chi connectivity index (χ1v) is 10.9. The maximum absolute atomic E-state index is 12.1. The quantitative estimate of drug-likeness (QED) is 0.327. The minimum atomic E-state index is -0.327. The van der Waals surface area contributed by atoms with Gasteiger partial charge in [0.25, 0.3) is 0 Å². The summed E-state index contributed by atoms with van der Waals surface area (Å²) in [5.41, 5.74) is 1.87. The number of aliphatic hydroxyl groups is 1. The minimum absolute atomic E-state index is 0.293. The molecule has 156 valence electrons. The van der Waals surface area contributed by atoms with Gasteiger partial charge in [0, 0.05) is 13.2 Å². The molecule has 0 radical (unpaired) electrons. The number of carbonyl (C=O) groups excluding carboxylic acids is 1. The highest BCUT2D eigenvalue weighted by Crippen LogP contribution is 2.34. The smallest absolute Gasteiger partial charge is 0.343 e. The maximum Gasteiger partial charge on any atom is 0.343 e. The van der Waals surface area contributed by atoms with E-state index >= 15 is 0 Å². The number of esters is 1. The largest absolute Gasteiger partial charge is 0.423 e. The fourth-order valence-electron chi connectivity index (χ4n) is 3.93. The van der Waals surface area contributed by atoms with Gasteiger partial charge >= 0.3 is 5.97 Å². The van der Waals surface area contributed by atoms with Crippen molar-refractivity contribution in [3.8, 4) is 5.75 Å². The van der Waals surface area contributed by atoms with Crippen LogP contribution in [0.25, 0.3) is 0 Å². The van der Waals surface area contributed by atoms with Crippen LogP contribution in [0.2, 0.25) is 0 Å². The summed E-state index contributed by atoms with van der Waals surface area (Å²) in [6.07, 6.45) is 9.07. The number of ether oxygens (including phenoxy) is 2. The van der Waals surface area contributed by atoms with Crippen molar-refractivity contribution < 1.29 is 19.4 Å². The lowest BCUT2D eigenvalue weighted by Gasteiger charge is -2.29. The van der Waals surface area contributed by atoms with E-state index < -0.39 is 0 Å². The Labute approximate surface area is 173 Å². The topological polar surface area (TPSA) is 55.8 Å². The highest BCUT2D eigenvalue weighted by atomic mass is 16.5. The van der Waals surface area contributed by atoms with Crippen LogP contribution in [-0.2, 0) is 4.74 Å². The second kappa shape index (κ2) is 11.7. The molecule has 1 aliphatic rings. The van der Waals surface area contributed by atoms with Crippen LogP contribution in [-0.4, -0.2) is 30.4 Å². The molecular formula is C25H32O4. The van der Waals surface area contributed by atoms with E-state index in [0.29, 0.717) is 29.9 Å². The fraction of sp³-hybridized carbons (Fsp3) is 0.480. The van der Waals surface area contributed by atoms with Crippen molar-refractivity contribution in [3.05, 3.63) is 65.7 Å². The first-order valence-electron chi connectivity index (χ1n) is 10.9. The lowest BCUT2D eigenvalue weighted by Crippen LogP contribution is -2.21. The molecular weight excluding hydrogens is 364 g/mol. The first kappa shape index (κ1) is 21.5. The summed E-state index contributed by atoms with van der Waals surface area (Å²) in [7, 11) is 0. The predicted molar refractivity (Wildman–Crippen MR) is 114 cm³/mol. The molecule has 2 aromatic carbocycles. The Morgan fingerprint density at radius 2 is 1.55 bits per heavy atom. The third kappa shape index (κ3) is 6.98. The molecule has 0 spiro atoms. The van der Waals surface area contributed by atoms with Crippen molar-refractivity contribution in [2.75, 3.05) is 13.2 Å². The molecule has 0 heterocycles. The Morgan fingerprint density at radius 1 is 0.862 bits per heavy atom. The number of unbranched alkanes of at least 4 members (excludes halogenated alkanes) is 3. The van der Waals surface area contributed by atoms with Crippen LogP contribution >= 0.6 is 0 Å². The van der Waals surface area contributed by atoms with Crippen LogP contribution in [0.3, 0.4) is 0 Å². The molecule has 0 bridgehead atoms. The Morgan fingerprint density at radius 3 is 2.24 bits per heavy atom. The van der Waals surface area contributed by atoms with Crippen LogP contribution in [0.1, 0.15) is 73.2 Å². The highest BCUT2D eigenvalue weighted by molar-refractivity contribution is 5.90. The van der Waals surface area contributed by atoms with Crippen molar-refractivity contribution in [2.24, 2.45) is 0 Å². The van der Waals surface area contributed by atoms with Gasteiger partial charge in [-0.25, -0.2) is 4.79 Å². The third-order valence-corrected chi connectivity index (χ3v) is 5.65. The number of hydrogen-bond acceptors (Lipinski definition) is 4. The van der Waals surface area contributed by atoms with Gasteiger partial charge in [-0.2, -0.15) is 0 Å². The number of benzene rings is 2.